The van der Waals surface area contributed by atoms with E-state index in [1.807, 2.05) is 0 Å². The normalized spacial score (nSPS) is 17.2. The highest BCUT2D eigenvalue weighted by molar-refractivity contribution is 5.21. The van der Waals surface area contributed by atoms with Crippen LogP contribution in [0.15, 0.2) is 24.3 Å². The van der Waals surface area contributed by atoms with Gasteiger partial charge in [0.05, 0.1) is 6.61 Å². The van der Waals surface area contributed by atoms with Gasteiger partial charge in [0.15, 0.2) is 0 Å². The topological polar surface area (TPSA) is 21.3 Å². The van der Waals surface area contributed by atoms with Crippen molar-refractivity contribution in [2.75, 3.05) is 26.8 Å². The SMILES string of the molecule is COCCNCC(Cc1ccc(C)cc1)CC1CCCC1. The molecule has 118 valence electrons. The molecule has 0 spiro atoms. The van der Waals surface area contributed by atoms with Crippen LogP contribution in [-0.2, 0) is 11.2 Å². The van der Waals surface area contributed by atoms with Crippen LogP contribution in [0, 0.1) is 18.8 Å². The lowest BCUT2D eigenvalue weighted by Crippen LogP contribution is -2.28. The predicted octanol–water partition coefficient (Wildman–Crippen LogP) is 3.97. The summed E-state index contributed by atoms with van der Waals surface area (Å²) in [6.45, 7) is 5.05. The predicted molar refractivity (Wildman–Crippen MR) is 89.7 cm³/mol. The number of nitrogens with one attached hydrogen (secondary N) is 1. The smallest absolute Gasteiger partial charge is 0.0587 e. The molecule has 21 heavy (non-hydrogen) atoms. The second-order valence-electron chi connectivity index (χ2n) is 6.64. The Bertz CT molecular complexity index is 381. The van der Waals surface area contributed by atoms with Gasteiger partial charge in [-0.15, -0.1) is 0 Å². The van der Waals surface area contributed by atoms with Crippen molar-refractivity contribution in [3.63, 3.8) is 0 Å². The zero-order valence-electron chi connectivity index (χ0n) is 13.7. The number of benzene rings is 1. The molecule has 0 aliphatic heterocycles. The highest BCUT2D eigenvalue weighted by Crippen LogP contribution is 2.31. The molecular weight excluding hydrogens is 258 g/mol. The van der Waals surface area contributed by atoms with Crippen molar-refractivity contribution in [1.29, 1.82) is 0 Å². The van der Waals surface area contributed by atoms with Gasteiger partial charge in [-0.1, -0.05) is 55.5 Å². The molecule has 2 rings (SSSR count). The van der Waals surface area contributed by atoms with E-state index in [2.05, 4.69) is 36.5 Å². The summed E-state index contributed by atoms with van der Waals surface area (Å²) in [6, 6.07) is 9.07. The van der Waals surface area contributed by atoms with Crippen molar-refractivity contribution in [2.45, 2.75) is 45.4 Å². The zero-order chi connectivity index (χ0) is 14.9. The second kappa shape index (κ2) is 9.22. The van der Waals surface area contributed by atoms with Crippen LogP contribution in [0.5, 0.6) is 0 Å². The van der Waals surface area contributed by atoms with Crippen molar-refractivity contribution in [2.24, 2.45) is 11.8 Å². The first-order valence-electron chi connectivity index (χ1n) is 8.53. The number of rotatable bonds is 9. The lowest BCUT2D eigenvalue weighted by Gasteiger charge is -2.21. The number of ether oxygens (including phenoxy) is 1. The van der Waals surface area contributed by atoms with Crippen LogP contribution >= 0.6 is 0 Å². The molecule has 1 aliphatic carbocycles. The third-order valence-corrected chi connectivity index (χ3v) is 4.70. The molecule has 1 fully saturated rings. The Morgan fingerprint density at radius 2 is 1.90 bits per heavy atom. The Kier molecular flexibility index (Phi) is 7.25. The van der Waals surface area contributed by atoms with Crippen molar-refractivity contribution in [3.05, 3.63) is 35.4 Å². The van der Waals surface area contributed by atoms with Crippen LogP contribution in [0.25, 0.3) is 0 Å². The fourth-order valence-corrected chi connectivity index (χ4v) is 3.49. The molecule has 0 amide bonds. The van der Waals surface area contributed by atoms with Crippen LogP contribution in [0.3, 0.4) is 0 Å². The molecule has 1 aromatic carbocycles. The van der Waals surface area contributed by atoms with E-state index in [0.29, 0.717) is 0 Å². The Balaban J connectivity index is 1.85. The van der Waals surface area contributed by atoms with Gasteiger partial charge in [0.2, 0.25) is 0 Å². The van der Waals surface area contributed by atoms with E-state index in [4.69, 9.17) is 4.74 Å². The Morgan fingerprint density at radius 1 is 1.19 bits per heavy atom. The zero-order valence-corrected chi connectivity index (χ0v) is 13.7. The van der Waals surface area contributed by atoms with E-state index in [1.54, 1.807) is 7.11 Å². The van der Waals surface area contributed by atoms with Gasteiger partial charge in [-0.3, -0.25) is 0 Å². The van der Waals surface area contributed by atoms with Gasteiger partial charge in [-0.2, -0.15) is 0 Å². The van der Waals surface area contributed by atoms with Crippen LogP contribution < -0.4 is 5.32 Å². The highest BCUT2D eigenvalue weighted by atomic mass is 16.5. The Labute approximate surface area is 130 Å². The maximum absolute atomic E-state index is 5.13. The summed E-state index contributed by atoms with van der Waals surface area (Å²) in [5.74, 6) is 1.72. The summed E-state index contributed by atoms with van der Waals surface area (Å²) < 4.78 is 5.13. The van der Waals surface area contributed by atoms with Gasteiger partial charge in [0, 0.05) is 13.7 Å². The van der Waals surface area contributed by atoms with Crippen molar-refractivity contribution < 1.29 is 4.74 Å². The maximum Gasteiger partial charge on any atom is 0.0587 e. The molecule has 0 saturated heterocycles. The molecule has 1 aromatic rings. The van der Waals surface area contributed by atoms with Gasteiger partial charge in [0.25, 0.3) is 0 Å². The number of hydrogen-bond acceptors (Lipinski definition) is 2. The molecule has 1 N–H and O–H groups in total. The lowest BCUT2D eigenvalue weighted by atomic mass is 9.88. The summed E-state index contributed by atoms with van der Waals surface area (Å²) in [7, 11) is 1.77. The summed E-state index contributed by atoms with van der Waals surface area (Å²) >= 11 is 0. The molecule has 1 saturated carbocycles. The Morgan fingerprint density at radius 3 is 2.57 bits per heavy atom. The Hall–Kier alpha value is -0.860. The van der Waals surface area contributed by atoms with Crippen LogP contribution in [0.2, 0.25) is 0 Å². The van der Waals surface area contributed by atoms with Crippen LogP contribution in [0.4, 0.5) is 0 Å². The van der Waals surface area contributed by atoms with Crippen molar-refractivity contribution in [1.82, 2.24) is 5.32 Å². The standard InChI is InChI=1S/C19H31NO/c1-16-7-9-18(10-8-16)14-19(15-20-11-12-21-2)13-17-5-3-4-6-17/h7-10,17,19-20H,3-6,11-15H2,1-2H3. The largest absolute Gasteiger partial charge is 0.383 e. The van der Waals surface area contributed by atoms with Crippen LogP contribution in [-0.4, -0.2) is 26.8 Å². The minimum atomic E-state index is 0.757. The van der Waals surface area contributed by atoms with Gasteiger partial charge < -0.3 is 10.1 Å². The number of aryl methyl sites for hydroxylation is 1. The first-order chi connectivity index (χ1) is 10.3. The molecule has 0 bridgehead atoms. The van der Waals surface area contributed by atoms with Crippen molar-refractivity contribution in [3.8, 4) is 0 Å². The summed E-state index contributed by atoms with van der Waals surface area (Å²) in [4.78, 5) is 0. The fourth-order valence-electron chi connectivity index (χ4n) is 3.49. The molecule has 2 nitrogen and oxygen atoms in total. The van der Waals surface area contributed by atoms with E-state index in [-0.39, 0.29) is 0 Å². The molecule has 0 heterocycles. The quantitative estimate of drug-likeness (QED) is 0.695. The van der Waals surface area contributed by atoms with Gasteiger partial charge in [-0.25, -0.2) is 0 Å². The third-order valence-electron chi connectivity index (χ3n) is 4.70. The molecule has 0 aromatic heterocycles. The molecule has 1 atom stereocenters. The summed E-state index contributed by atoms with van der Waals surface area (Å²) in [6.07, 6.45) is 8.37. The maximum atomic E-state index is 5.13. The summed E-state index contributed by atoms with van der Waals surface area (Å²) in [5.41, 5.74) is 2.83. The molecule has 0 radical (unpaired) electrons. The monoisotopic (exact) mass is 289 g/mol. The average Bonchev–Trinajstić information content (AvgIpc) is 2.99. The van der Waals surface area contributed by atoms with Crippen molar-refractivity contribution >= 4 is 0 Å². The molecular formula is C19H31NO. The highest BCUT2D eigenvalue weighted by Gasteiger charge is 2.20. The van der Waals surface area contributed by atoms with E-state index < -0.39 is 0 Å². The van der Waals surface area contributed by atoms with Gasteiger partial charge in [0.1, 0.15) is 0 Å². The minimum Gasteiger partial charge on any atom is -0.383 e. The molecule has 1 unspecified atom stereocenters. The first kappa shape index (κ1) is 16.5. The van der Waals surface area contributed by atoms with Crippen LogP contribution in [0.1, 0.15) is 43.2 Å². The lowest BCUT2D eigenvalue weighted by molar-refractivity contribution is 0.196. The third kappa shape index (κ3) is 6.19. The molecule has 1 aliphatic rings. The van der Waals surface area contributed by atoms with E-state index in [0.717, 1.165) is 31.5 Å². The average molecular weight is 289 g/mol. The van der Waals surface area contributed by atoms with Gasteiger partial charge in [-0.05, 0) is 43.7 Å². The van der Waals surface area contributed by atoms with E-state index >= 15 is 0 Å². The van der Waals surface area contributed by atoms with Gasteiger partial charge >= 0.3 is 0 Å². The van der Waals surface area contributed by atoms with E-state index in [9.17, 15) is 0 Å². The fraction of sp³-hybridized carbons (Fsp3) is 0.684. The number of hydrogen-bond donors (Lipinski definition) is 1. The number of methoxy groups -OCH3 is 1. The summed E-state index contributed by atoms with van der Waals surface area (Å²) in [5, 5.41) is 3.57. The van der Waals surface area contributed by atoms with E-state index in [1.165, 1.54) is 49.7 Å². The molecule has 2 heteroatoms. The second-order valence-corrected chi connectivity index (χ2v) is 6.64. The minimum absolute atomic E-state index is 0.757. The first-order valence-corrected chi connectivity index (χ1v) is 8.53.